The molecule has 3 aromatic rings. The van der Waals surface area contributed by atoms with Crippen LogP contribution in [0.5, 0.6) is 5.88 Å². The molecule has 5 heterocycles. The van der Waals surface area contributed by atoms with Crippen molar-refractivity contribution in [1.29, 1.82) is 0 Å². The fraction of sp³-hybridized carbons (Fsp3) is 0.587. The van der Waals surface area contributed by atoms with Crippen LogP contribution in [-0.2, 0) is 34.2 Å². The standard InChI is InChI=1S/C46H60N4O7S/c1-4-5-6-15-27-54-42-41(47-58-48-42)33-17-16-24-49(3,31-33)32(2)55-43(51)39-30-40(39)44(52)57-46(34-18-9-7-10-19-34,35-20-11-8-12-21-35)45(53)56-38-28-36-22-23-37(29-38)50(36)25-13-14-26-50/h7-12,17-21,32,36-40H,4-6,13-16,22-31H2,1-3H3/q+2/t32?,36?,37?,38?,39-,40-,49?/m0/s1. The molecule has 8 rings (SSSR count). The number of hydrogen-bond acceptors (Lipinski definition) is 10. The Kier molecular flexibility index (Phi) is 12.1. The molecule has 6 atom stereocenters. The van der Waals surface area contributed by atoms with Crippen LogP contribution in [0.4, 0.5) is 0 Å². The van der Waals surface area contributed by atoms with E-state index < -0.39 is 41.6 Å². The number of nitrogens with zero attached hydrogens (tertiary/aromatic N) is 4. The SMILES string of the molecule is CCCCCCOc1nsnc1C1=CCC[N+](C)(C(C)OC(=O)[C@H]2C[C@@H]2C(=O)OC(C(=O)OC2CC3CCC(C2)[N+]32CCCC2)(c2ccccc2)c2ccccc2)C1. The highest BCUT2D eigenvalue weighted by Crippen LogP contribution is 2.48. The Morgan fingerprint density at radius 3 is 2.16 bits per heavy atom. The predicted molar refractivity (Wildman–Crippen MR) is 220 cm³/mol. The summed E-state index contributed by atoms with van der Waals surface area (Å²) in [6.45, 7) is 8.55. The van der Waals surface area contributed by atoms with E-state index in [0.29, 0.717) is 53.1 Å². The molecular weight excluding hydrogens is 753 g/mol. The minimum absolute atomic E-state index is 0.249. The van der Waals surface area contributed by atoms with Crippen molar-refractivity contribution < 1.29 is 42.3 Å². The third kappa shape index (κ3) is 7.96. The molecule has 3 saturated heterocycles. The molecule has 1 aromatic heterocycles. The van der Waals surface area contributed by atoms with Crippen LogP contribution in [0.25, 0.3) is 5.57 Å². The zero-order chi connectivity index (χ0) is 40.3. The van der Waals surface area contributed by atoms with Gasteiger partial charge in [-0.3, -0.25) is 14.1 Å². The minimum Gasteiger partial charge on any atom is -0.475 e. The van der Waals surface area contributed by atoms with Gasteiger partial charge in [-0.1, -0.05) is 92.9 Å². The predicted octanol–water partition coefficient (Wildman–Crippen LogP) is 7.59. The summed E-state index contributed by atoms with van der Waals surface area (Å²) in [4.78, 5) is 42.9. The highest BCUT2D eigenvalue weighted by atomic mass is 32.1. The van der Waals surface area contributed by atoms with Crippen molar-refractivity contribution >= 4 is 35.2 Å². The Balaban J connectivity index is 0.943. The summed E-state index contributed by atoms with van der Waals surface area (Å²) in [5.74, 6) is -2.45. The zero-order valence-electron chi connectivity index (χ0n) is 34.4. The van der Waals surface area contributed by atoms with Gasteiger partial charge in [0.25, 0.3) is 11.5 Å². The van der Waals surface area contributed by atoms with Crippen LogP contribution in [0.3, 0.4) is 0 Å². The van der Waals surface area contributed by atoms with Crippen LogP contribution in [0.15, 0.2) is 66.7 Å². The molecule has 4 fully saturated rings. The van der Waals surface area contributed by atoms with Gasteiger partial charge < -0.3 is 23.4 Å². The van der Waals surface area contributed by atoms with Gasteiger partial charge in [0.2, 0.25) is 6.23 Å². The highest BCUT2D eigenvalue weighted by Gasteiger charge is 2.59. The smallest absolute Gasteiger partial charge is 0.360 e. The second-order valence-corrected chi connectivity index (χ2v) is 18.2. The maximum Gasteiger partial charge on any atom is 0.360 e. The molecule has 1 spiro atoms. The number of likely N-dealkylation sites (N-methyl/N-ethyl adjacent to an activating group) is 1. The molecule has 2 aromatic carbocycles. The van der Waals surface area contributed by atoms with Crippen LogP contribution in [0.2, 0.25) is 0 Å². The number of ether oxygens (including phenoxy) is 4. The molecule has 11 nitrogen and oxygen atoms in total. The maximum atomic E-state index is 14.8. The molecule has 5 aliphatic rings. The molecular formula is C46H60N4O7S+2. The van der Waals surface area contributed by atoms with E-state index in [9.17, 15) is 14.4 Å². The van der Waals surface area contributed by atoms with Gasteiger partial charge in [-0.25, -0.2) is 4.79 Å². The molecule has 4 aliphatic heterocycles. The second-order valence-electron chi connectivity index (χ2n) is 17.7. The van der Waals surface area contributed by atoms with Gasteiger partial charge in [0, 0.05) is 68.6 Å². The second kappa shape index (κ2) is 17.2. The fourth-order valence-corrected chi connectivity index (χ4v) is 11.0. The number of esters is 3. The number of rotatable bonds is 16. The summed E-state index contributed by atoms with van der Waals surface area (Å²) in [7, 11) is 2.08. The molecule has 1 aliphatic carbocycles. The molecule has 58 heavy (non-hydrogen) atoms. The van der Waals surface area contributed by atoms with E-state index >= 15 is 0 Å². The number of unbranched alkanes of at least 4 members (excludes halogenated alkanes) is 3. The first-order chi connectivity index (χ1) is 28.2. The van der Waals surface area contributed by atoms with Gasteiger partial charge in [-0.15, -0.1) is 4.37 Å². The lowest BCUT2D eigenvalue weighted by Crippen LogP contribution is -2.60. The first kappa shape index (κ1) is 40.6. The summed E-state index contributed by atoms with van der Waals surface area (Å²) in [5.41, 5.74) is 0.991. The number of quaternary nitrogens is 2. The largest absolute Gasteiger partial charge is 0.475 e. The number of carbonyl (C=O) groups is 3. The normalized spacial score (nSPS) is 27.7. The molecule has 0 N–H and O–H groups in total. The Morgan fingerprint density at radius 2 is 1.50 bits per heavy atom. The number of benzene rings is 2. The fourth-order valence-electron chi connectivity index (χ4n) is 10.5. The van der Waals surface area contributed by atoms with Crippen molar-refractivity contribution in [2.24, 2.45) is 11.8 Å². The topological polar surface area (TPSA) is 114 Å². The molecule has 310 valence electrons. The van der Waals surface area contributed by atoms with E-state index in [4.69, 9.17) is 18.9 Å². The molecule has 0 radical (unpaired) electrons. The third-order valence-corrected chi connectivity index (χ3v) is 14.6. The lowest BCUT2D eigenvalue weighted by Gasteiger charge is -2.47. The Hall–Kier alpha value is -4.13. The quantitative estimate of drug-likeness (QED) is 0.0625. The highest BCUT2D eigenvalue weighted by molar-refractivity contribution is 6.99. The van der Waals surface area contributed by atoms with Gasteiger partial charge in [-0.05, 0) is 12.8 Å². The van der Waals surface area contributed by atoms with Gasteiger partial charge in [0.1, 0.15) is 18.3 Å². The average Bonchev–Trinajstić information content (AvgIpc) is 3.59. The monoisotopic (exact) mass is 812 g/mol. The number of aromatic nitrogens is 2. The van der Waals surface area contributed by atoms with E-state index in [1.807, 2.05) is 67.6 Å². The molecule has 2 bridgehead atoms. The lowest BCUT2D eigenvalue weighted by molar-refractivity contribution is -0.956. The van der Waals surface area contributed by atoms with E-state index in [2.05, 4.69) is 28.8 Å². The zero-order valence-corrected chi connectivity index (χ0v) is 35.2. The van der Waals surface area contributed by atoms with Crippen LogP contribution in [-0.4, -0.2) is 99.9 Å². The first-order valence-electron chi connectivity index (χ1n) is 21.8. The third-order valence-electron chi connectivity index (χ3n) is 14.1. The Morgan fingerprint density at radius 1 is 0.845 bits per heavy atom. The van der Waals surface area contributed by atoms with E-state index in [1.165, 1.54) is 56.1 Å². The number of hydrogen-bond donors (Lipinski definition) is 0. The van der Waals surface area contributed by atoms with Gasteiger partial charge >= 0.3 is 17.9 Å². The summed E-state index contributed by atoms with van der Waals surface area (Å²) < 4.78 is 35.8. The van der Waals surface area contributed by atoms with Crippen molar-refractivity contribution in [2.45, 2.75) is 121 Å². The van der Waals surface area contributed by atoms with Crippen molar-refractivity contribution in [2.75, 3.05) is 39.8 Å². The van der Waals surface area contributed by atoms with Crippen molar-refractivity contribution in [3.63, 3.8) is 0 Å². The summed E-state index contributed by atoms with van der Waals surface area (Å²) >= 11 is 1.15. The van der Waals surface area contributed by atoms with Crippen molar-refractivity contribution in [3.8, 4) is 5.88 Å². The van der Waals surface area contributed by atoms with Crippen LogP contribution < -0.4 is 4.74 Å². The minimum atomic E-state index is -1.84. The molecule has 4 unspecified atom stereocenters. The maximum absolute atomic E-state index is 14.8. The molecule has 12 heteroatoms. The van der Waals surface area contributed by atoms with Gasteiger partial charge in [0.15, 0.2) is 0 Å². The lowest BCUT2D eigenvalue weighted by atomic mass is 9.85. The summed E-state index contributed by atoms with van der Waals surface area (Å²) in [6, 6.07) is 19.4. The van der Waals surface area contributed by atoms with Crippen molar-refractivity contribution in [3.05, 3.63) is 83.6 Å². The Labute approximate surface area is 347 Å². The van der Waals surface area contributed by atoms with Gasteiger partial charge in [0.05, 0.1) is 68.9 Å². The summed E-state index contributed by atoms with van der Waals surface area (Å²) in [6.07, 6.45) is 13.5. The number of carbonyl (C=O) groups excluding carboxylic acids is 3. The molecule has 1 saturated carbocycles. The van der Waals surface area contributed by atoms with Crippen LogP contribution in [0.1, 0.15) is 108 Å². The van der Waals surface area contributed by atoms with E-state index in [-0.39, 0.29) is 6.10 Å². The molecule has 0 amide bonds. The van der Waals surface area contributed by atoms with E-state index in [0.717, 1.165) is 61.6 Å². The van der Waals surface area contributed by atoms with Crippen molar-refractivity contribution in [1.82, 2.24) is 8.75 Å². The van der Waals surface area contributed by atoms with E-state index in [1.54, 1.807) is 0 Å². The van der Waals surface area contributed by atoms with Crippen LogP contribution >= 0.6 is 11.7 Å². The summed E-state index contributed by atoms with van der Waals surface area (Å²) in [5, 5.41) is 0. The van der Waals surface area contributed by atoms with Gasteiger partial charge in [-0.2, -0.15) is 4.37 Å². The van der Waals surface area contributed by atoms with Crippen LogP contribution in [0, 0.1) is 11.8 Å². The Bertz CT molecular complexity index is 1890. The first-order valence-corrected chi connectivity index (χ1v) is 22.5. The average molecular weight is 813 g/mol. The number of piperidine rings is 1.